The normalized spacial score (nSPS) is 28.9. The van der Waals surface area contributed by atoms with Crippen molar-refractivity contribution in [1.82, 2.24) is 0 Å². The summed E-state index contributed by atoms with van der Waals surface area (Å²) in [5.74, 6) is -3.11. The Morgan fingerprint density at radius 3 is 1.58 bits per heavy atom. The highest BCUT2D eigenvalue weighted by molar-refractivity contribution is 5.69. The molecule has 1 saturated heterocycles. The SMILES string of the molecule is CC(=O)O[C@H]1O[C@H](C#N)[C@@H](OC(C)=O)[C@H](OC(C)=O)[C@H]1OC(C)=O. The van der Waals surface area contributed by atoms with Crippen molar-refractivity contribution in [3.05, 3.63) is 0 Å². The zero-order valence-electron chi connectivity index (χ0n) is 13.5. The zero-order chi connectivity index (χ0) is 18.4. The largest absolute Gasteiger partial charge is 0.454 e. The number of nitrogens with zero attached hydrogens (tertiary/aromatic N) is 1. The molecule has 0 saturated carbocycles. The fourth-order valence-electron chi connectivity index (χ4n) is 2.14. The van der Waals surface area contributed by atoms with Crippen molar-refractivity contribution in [3.63, 3.8) is 0 Å². The molecule has 1 rings (SSSR count). The molecular formula is C14H17NO9. The van der Waals surface area contributed by atoms with Gasteiger partial charge in [-0.25, -0.2) is 0 Å². The van der Waals surface area contributed by atoms with Crippen molar-refractivity contribution in [2.75, 3.05) is 0 Å². The van der Waals surface area contributed by atoms with E-state index in [1.54, 1.807) is 6.07 Å². The average Bonchev–Trinajstić information content (AvgIpc) is 2.42. The van der Waals surface area contributed by atoms with Gasteiger partial charge in [0, 0.05) is 27.7 Å². The van der Waals surface area contributed by atoms with Crippen LogP contribution < -0.4 is 0 Å². The second-order valence-electron chi connectivity index (χ2n) is 4.89. The Morgan fingerprint density at radius 1 is 0.750 bits per heavy atom. The Kier molecular flexibility index (Phi) is 6.67. The van der Waals surface area contributed by atoms with Crippen molar-refractivity contribution < 1.29 is 42.9 Å². The van der Waals surface area contributed by atoms with E-state index >= 15 is 0 Å². The number of rotatable bonds is 4. The van der Waals surface area contributed by atoms with E-state index in [9.17, 15) is 24.4 Å². The van der Waals surface area contributed by atoms with Crippen LogP contribution in [-0.2, 0) is 42.9 Å². The van der Waals surface area contributed by atoms with Gasteiger partial charge in [0.15, 0.2) is 18.3 Å². The van der Waals surface area contributed by atoms with Crippen LogP contribution in [0.5, 0.6) is 0 Å². The minimum absolute atomic E-state index is 0.770. The number of ether oxygens (including phenoxy) is 5. The summed E-state index contributed by atoms with van der Waals surface area (Å²) in [4.78, 5) is 45.2. The standard InChI is InChI=1S/C14H17NO9/c1-6(16)20-11-10(5-15)24-14(23-9(4)19)13(22-8(3)18)12(11)21-7(2)17/h10-14H,1-4H3/t10-,11-,12+,13-,14+/m1/s1. The molecule has 0 amide bonds. The lowest BCUT2D eigenvalue weighted by atomic mass is 9.98. The maximum Gasteiger partial charge on any atom is 0.305 e. The molecule has 0 spiro atoms. The Hall–Kier alpha value is -2.67. The van der Waals surface area contributed by atoms with Gasteiger partial charge in [-0.2, -0.15) is 5.26 Å². The third kappa shape index (κ3) is 5.20. The third-order valence-corrected chi connectivity index (χ3v) is 2.81. The molecule has 1 heterocycles. The van der Waals surface area contributed by atoms with E-state index in [4.69, 9.17) is 23.7 Å². The number of carbonyl (C=O) groups excluding carboxylic acids is 4. The fourth-order valence-corrected chi connectivity index (χ4v) is 2.14. The van der Waals surface area contributed by atoms with Crippen molar-refractivity contribution >= 4 is 23.9 Å². The first-order valence-electron chi connectivity index (χ1n) is 6.89. The lowest BCUT2D eigenvalue weighted by Gasteiger charge is -2.41. The van der Waals surface area contributed by atoms with Gasteiger partial charge < -0.3 is 23.7 Å². The molecule has 0 radical (unpaired) electrons. The predicted octanol–water partition coefficient (Wildman–Crippen LogP) is -0.407. The summed E-state index contributed by atoms with van der Waals surface area (Å²) in [5, 5.41) is 9.19. The van der Waals surface area contributed by atoms with E-state index in [1.165, 1.54) is 0 Å². The molecular weight excluding hydrogens is 326 g/mol. The van der Waals surface area contributed by atoms with Crippen molar-refractivity contribution in [3.8, 4) is 6.07 Å². The molecule has 1 aliphatic rings. The van der Waals surface area contributed by atoms with Gasteiger partial charge in [0.05, 0.1) is 6.07 Å². The van der Waals surface area contributed by atoms with Gasteiger partial charge in [0.2, 0.25) is 12.4 Å². The Balaban J connectivity index is 3.26. The molecule has 24 heavy (non-hydrogen) atoms. The van der Waals surface area contributed by atoms with Crippen LogP contribution in [0, 0.1) is 11.3 Å². The van der Waals surface area contributed by atoms with Crippen LogP contribution in [0.4, 0.5) is 0 Å². The van der Waals surface area contributed by atoms with E-state index < -0.39 is 54.6 Å². The maximum atomic E-state index is 11.4. The second kappa shape index (κ2) is 8.26. The van der Waals surface area contributed by atoms with E-state index in [1.807, 2.05) is 0 Å². The fraction of sp³-hybridized carbons (Fsp3) is 0.643. The molecule has 0 aromatic carbocycles. The van der Waals surface area contributed by atoms with Gasteiger partial charge >= 0.3 is 23.9 Å². The van der Waals surface area contributed by atoms with Crippen LogP contribution in [0.3, 0.4) is 0 Å². The summed E-state index contributed by atoms with van der Waals surface area (Å²) in [6.45, 7) is 4.31. The zero-order valence-corrected chi connectivity index (χ0v) is 13.5. The van der Waals surface area contributed by atoms with Gasteiger partial charge in [0.1, 0.15) is 0 Å². The highest BCUT2D eigenvalue weighted by Gasteiger charge is 2.53. The lowest BCUT2D eigenvalue weighted by Crippen LogP contribution is -2.61. The summed E-state index contributed by atoms with van der Waals surface area (Å²) < 4.78 is 25.1. The van der Waals surface area contributed by atoms with Gasteiger partial charge in [-0.15, -0.1) is 0 Å². The van der Waals surface area contributed by atoms with Gasteiger partial charge in [-0.1, -0.05) is 0 Å². The van der Waals surface area contributed by atoms with E-state index in [0.717, 1.165) is 27.7 Å². The minimum atomic E-state index is -1.51. The van der Waals surface area contributed by atoms with Gasteiger partial charge in [-0.3, -0.25) is 19.2 Å². The molecule has 0 N–H and O–H groups in total. The van der Waals surface area contributed by atoms with Crippen LogP contribution in [0.15, 0.2) is 0 Å². The highest BCUT2D eigenvalue weighted by Crippen LogP contribution is 2.29. The number of nitriles is 1. The molecule has 5 atom stereocenters. The maximum absolute atomic E-state index is 11.4. The molecule has 0 aromatic rings. The molecule has 0 aromatic heterocycles. The summed E-state index contributed by atoms with van der Waals surface area (Å²) in [6.07, 6.45) is -7.09. The van der Waals surface area contributed by atoms with Crippen molar-refractivity contribution in [1.29, 1.82) is 5.26 Å². The monoisotopic (exact) mass is 343 g/mol. The van der Waals surface area contributed by atoms with Crippen LogP contribution >= 0.6 is 0 Å². The van der Waals surface area contributed by atoms with Gasteiger partial charge in [0.25, 0.3) is 0 Å². The molecule has 10 nitrogen and oxygen atoms in total. The summed E-state index contributed by atoms with van der Waals surface area (Å²) in [6, 6.07) is 1.72. The van der Waals surface area contributed by atoms with E-state index in [2.05, 4.69) is 0 Å². The van der Waals surface area contributed by atoms with Crippen LogP contribution in [0.2, 0.25) is 0 Å². The topological polar surface area (TPSA) is 138 Å². The molecule has 0 bridgehead atoms. The van der Waals surface area contributed by atoms with Gasteiger partial charge in [-0.05, 0) is 0 Å². The number of carbonyl (C=O) groups is 4. The first kappa shape index (κ1) is 19.4. The highest BCUT2D eigenvalue weighted by atomic mass is 16.7. The lowest BCUT2D eigenvalue weighted by molar-refractivity contribution is -0.286. The minimum Gasteiger partial charge on any atom is -0.454 e. The molecule has 10 heteroatoms. The second-order valence-corrected chi connectivity index (χ2v) is 4.89. The predicted molar refractivity (Wildman–Crippen MR) is 72.7 cm³/mol. The quantitative estimate of drug-likeness (QED) is 0.489. The third-order valence-electron chi connectivity index (χ3n) is 2.81. The molecule has 132 valence electrons. The molecule has 0 aliphatic carbocycles. The molecule has 1 aliphatic heterocycles. The molecule has 1 fully saturated rings. The summed E-state index contributed by atoms with van der Waals surface area (Å²) in [7, 11) is 0. The van der Waals surface area contributed by atoms with E-state index in [-0.39, 0.29) is 0 Å². The van der Waals surface area contributed by atoms with Crippen molar-refractivity contribution in [2.45, 2.75) is 58.4 Å². The number of esters is 4. The Bertz CT molecular complexity index is 567. The number of hydrogen-bond acceptors (Lipinski definition) is 10. The van der Waals surface area contributed by atoms with Crippen LogP contribution in [-0.4, -0.2) is 54.6 Å². The first-order valence-corrected chi connectivity index (χ1v) is 6.89. The summed E-state index contributed by atoms with van der Waals surface area (Å²) >= 11 is 0. The van der Waals surface area contributed by atoms with E-state index in [0.29, 0.717) is 0 Å². The Labute approximate surface area is 137 Å². The Morgan fingerprint density at radius 2 is 1.17 bits per heavy atom. The van der Waals surface area contributed by atoms with Crippen molar-refractivity contribution in [2.24, 2.45) is 0 Å². The summed E-state index contributed by atoms with van der Waals surface area (Å²) in [5.41, 5.74) is 0. The van der Waals surface area contributed by atoms with Crippen LogP contribution in [0.25, 0.3) is 0 Å². The average molecular weight is 343 g/mol. The number of hydrogen-bond donors (Lipinski definition) is 0. The smallest absolute Gasteiger partial charge is 0.305 e. The van der Waals surface area contributed by atoms with Crippen LogP contribution in [0.1, 0.15) is 27.7 Å². The molecule has 0 unspecified atom stereocenters. The first-order chi connectivity index (χ1) is 11.1.